The molecule has 0 atom stereocenters. The number of nitrogens with zero attached hydrogens (tertiary/aromatic N) is 4. The Kier molecular flexibility index (Phi) is 5.03. The molecule has 24 heavy (non-hydrogen) atoms. The average Bonchev–Trinajstić information content (AvgIpc) is 2.44. The minimum Gasteiger partial charge on any atom is -0.444 e. The van der Waals surface area contributed by atoms with Crippen molar-refractivity contribution in [2.75, 3.05) is 19.6 Å². The monoisotopic (exact) mass is 354 g/mol. The lowest BCUT2D eigenvalue weighted by Crippen LogP contribution is -2.62. The fourth-order valence-electron chi connectivity index (χ4n) is 2.59. The molecular weight excluding hydrogens is 332 g/mol. The van der Waals surface area contributed by atoms with Gasteiger partial charge < -0.3 is 14.5 Å². The van der Waals surface area contributed by atoms with E-state index in [1.807, 2.05) is 34.6 Å². The number of ether oxygens (including phenoxy) is 1. The summed E-state index contributed by atoms with van der Waals surface area (Å²) in [6, 6.07) is 0. The van der Waals surface area contributed by atoms with E-state index < -0.39 is 11.1 Å². The average molecular weight is 355 g/mol. The van der Waals surface area contributed by atoms with E-state index in [0.29, 0.717) is 25.2 Å². The van der Waals surface area contributed by atoms with Crippen LogP contribution in [-0.4, -0.2) is 62.5 Å². The third-order valence-corrected chi connectivity index (χ3v) is 3.86. The van der Waals surface area contributed by atoms with Crippen LogP contribution in [0.2, 0.25) is 5.28 Å². The summed E-state index contributed by atoms with van der Waals surface area (Å²) in [6.07, 6.45) is 2.46. The summed E-state index contributed by atoms with van der Waals surface area (Å²) in [4.78, 5) is 36.0. The number of rotatable bonds is 1. The zero-order valence-corrected chi connectivity index (χ0v) is 15.4. The Morgan fingerprint density at radius 2 is 1.79 bits per heavy atom. The van der Waals surface area contributed by atoms with Crippen molar-refractivity contribution in [1.82, 2.24) is 19.8 Å². The molecule has 0 N–H and O–H groups in total. The molecule has 132 valence electrons. The highest BCUT2D eigenvalue weighted by atomic mass is 35.5. The summed E-state index contributed by atoms with van der Waals surface area (Å²) in [5, 5.41) is 0.0977. The Bertz CT molecular complexity index is 625. The van der Waals surface area contributed by atoms with Crippen LogP contribution in [0, 0.1) is 0 Å². The largest absolute Gasteiger partial charge is 0.444 e. The summed E-state index contributed by atoms with van der Waals surface area (Å²) in [7, 11) is 0. The Balaban J connectivity index is 2.10. The standard InChI is InChI=1S/C16H23ClN4O3/c1-15(2,3)24-14(23)20-6-7-21(16(4,5)10-20)12(22)11-8-18-13(17)19-9-11/h8-9H,6-7,10H2,1-5H3. The van der Waals surface area contributed by atoms with Gasteiger partial charge in [-0.2, -0.15) is 0 Å². The highest BCUT2D eigenvalue weighted by molar-refractivity contribution is 6.28. The lowest BCUT2D eigenvalue weighted by Gasteiger charge is -2.47. The van der Waals surface area contributed by atoms with Crippen molar-refractivity contribution >= 4 is 23.6 Å². The van der Waals surface area contributed by atoms with E-state index in [4.69, 9.17) is 16.3 Å². The first-order valence-electron chi connectivity index (χ1n) is 7.77. The fourth-order valence-corrected chi connectivity index (χ4v) is 2.69. The maximum atomic E-state index is 12.7. The van der Waals surface area contributed by atoms with E-state index in [0.717, 1.165) is 0 Å². The van der Waals surface area contributed by atoms with Gasteiger partial charge >= 0.3 is 6.09 Å². The zero-order chi connectivity index (χ0) is 18.1. The van der Waals surface area contributed by atoms with Crippen LogP contribution in [0.15, 0.2) is 12.4 Å². The van der Waals surface area contributed by atoms with Crippen LogP contribution in [0.25, 0.3) is 0 Å². The van der Waals surface area contributed by atoms with Crippen molar-refractivity contribution in [3.63, 3.8) is 0 Å². The third-order valence-electron chi connectivity index (χ3n) is 3.67. The molecule has 0 aromatic carbocycles. The molecule has 1 fully saturated rings. The molecule has 1 saturated heterocycles. The van der Waals surface area contributed by atoms with Gasteiger partial charge in [-0.15, -0.1) is 0 Å². The van der Waals surface area contributed by atoms with Gasteiger partial charge in [0.05, 0.1) is 11.1 Å². The second-order valence-electron chi connectivity index (χ2n) is 7.41. The normalized spacial score (nSPS) is 17.6. The van der Waals surface area contributed by atoms with Crippen LogP contribution in [-0.2, 0) is 4.74 Å². The van der Waals surface area contributed by atoms with E-state index >= 15 is 0 Å². The Hall–Kier alpha value is -1.89. The Morgan fingerprint density at radius 1 is 1.21 bits per heavy atom. The quantitative estimate of drug-likeness (QED) is 0.724. The predicted molar refractivity (Wildman–Crippen MR) is 90.0 cm³/mol. The molecule has 0 aliphatic carbocycles. The molecule has 1 aromatic rings. The van der Waals surface area contributed by atoms with Crippen LogP contribution in [0.3, 0.4) is 0 Å². The van der Waals surface area contributed by atoms with Gasteiger partial charge in [0.2, 0.25) is 5.28 Å². The number of hydrogen-bond acceptors (Lipinski definition) is 5. The molecule has 8 heteroatoms. The molecule has 0 bridgehead atoms. The third kappa shape index (κ3) is 4.35. The van der Waals surface area contributed by atoms with Crippen LogP contribution >= 0.6 is 11.6 Å². The number of hydrogen-bond donors (Lipinski definition) is 0. The summed E-state index contributed by atoms with van der Waals surface area (Å²) in [6.45, 7) is 10.5. The van der Waals surface area contributed by atoms with Crippen molar-refractivity contribution in [3.05, 3.63) is 23.2 Å². The van der Waals surface area contributed by atoms with E-state index in [1.165, 1.54) is 12.4 Å². The first kappa shape index (κ1) is 18.4. The maximum absolute atomic E-state index is 12.7. The molecule has 2 rings (SSSR count). The van der Waals surface area contributed by atoms with Gasteiger partial charge in [-0.3, -0.25) is 4.79 Å². The summed E-state index contributed by atoms with van der Waals surface area (Å²) >= 11 is 5.66. The molecule has 2 amide bonds. The Morgan fingerprint density at radius 3 is 2.29 bits per heavy atom. The molecule has 7 nitrogen and oxygen atoms in total. The van der Waals surface area contributed by atoms with Crippen molar-refractivity contribution in [2.24, 2.45) is 0 Å². The number of carbonyl (C=O) groups is 2. The number of carbonyl (C=O) groups excluding carboxylic acids is 2. The van der Waals surface area contributed by atoms with Gasteiger partial charge in [0, 0.05) is 32.0 Å². The van der Waals surface area contributed by atoms with E-state index in [1.54, 1.807) is 9.80 Å². The summed E-state index contributed by atoms with van der Waals surface area (Å²) < 4.78 is 5.41. The minimum absolute atomic E-state index is 0.0977. The van der Waals surface area contributed by atoms with Crippen molar-refractivity contribution in [3.8, 4) is 0 Å². The molecule has 0 radical (unpaired) electrons. The highest BCUT2D eigenvalue weighted by Crippen LogP contribution is 2.24. The number of aromatic nitrogens is 2. The number of amides is 2. The molecule has 1 aliphatic rings. The molecule has 0 spiro atoms. The van der Waals surface area contributed by atoms with Gasteiger partial charge in [0.15, 0.2) is 0 Å². The van der Waals surface area contributed by atoms with Gasteiger partial charge in [0.25, 0.3) is 5.91 Å². The van der Waals surface area contributed by atoms with Crippen LogP contribution in [0.5, 0.6) is 0 Å². The van der Waals surface area contributed by atoms with Gasteiger partial charge in [0.1, 0.15) is 5.60 Å². The van der Waals surface area contributed by atoms with Gasteiger partial charge in [-0.05, 0) is 46.2 Å². The molecule has 1 aliphatic heterocycles. The smallest absolute Gasteiger partial charge is 0.410 e. The van der Waals surface area contributed by atoms with Crippen molar-refractivity contribution in [1.29, 1.82) is 0 Å². The fraction of sp³-hybridized carbons (Fsp3) is 0.625. The molecule has 2 heterocycles. The van der Waals surface area contributed by atoms with Crippen LogP contribution < -0.4 is 0 Å². The number of piperazine rings is 1. The zero-order valence-electron chi connectivity index (χ0n) is 14.7. The Labute approximate surface area is 147 Å². The topological polar surface area (TPSA) is 75.6 Å². The van der Waals surface area contributed by atoms with Gasteiger partial charge in [-0.25, -0.2) is 14.8 Å². The first-order valence-corrected chi connectivity index (χ1v) is 8.15. The van der Waals surface area contributed by atoms with Crippen molar-refractivity contribution < 1.29 is 14.3 Å². The van der Waals surface area contributed by atoms with Crippen LogP contribution in [0.1, 0.15) is 45.0 Å². The second kappa shape index (κ2) is 6.55. The molecular formula is C16H23ClN4O3. The lowest BCUT2D eigenvalue weighted by molar-refractivity contribution is -0.0109. The highest BCUT2D eigenvalue weighted by Gasteiger charge is 2.40. The molecule has 0 unspecified atom stereocenters. The first-order chi connectivity index (χ1) is 11.0. The SMILES string of the molecule is CC(C)(C)OC(=O)N1CCN(C(=O)c2cnc(Cl)nc2)C(C)(C)C1. The van der Waals surface area contributed by atoms with Crippen LogP contribution in [0.4, 0.5) is 4.79 Å². The minimum atomic E-state index is -0.547. The molecule has 0 saturated carbocycles. The van der Waals surface area contributed by atoms with E-state index in [2.05, 4.69) is 9.97 Å². The summed E-state index contributed by atoms with van der Waals surface area (Å²) in [5.41, 5.74) is -0.709. The molecule has 1 aromatic heterocycles. The number of halogens is 1. The maximum Gasteiger partial charge on any atom is 0.410 e. The summed E-state index contributed by atoms with van der Waals surface area (Å²) in [5.74, 6) is -0.180. The van der Waals surface area contributed by atoms with E-state index in [9.17, 15) is 9.59 Å². The van der Waals surface area contributed by atoms with Crippen molar-refractivity contribution in [2.45, 2.75) is 45.8 Å². The predicted octanol–water partition coefficient (Wildman–Crippen LogP) is 2.60. The lowest BCUT2D eigenvalue weighted by atomic mass is 9.98. The van der Waals surface area contributed by atoms with E-state index in [-0.39, 0.29) is 17.3 Å². The second-order valence-corrected chi connectivity index (χ2v) is 7.75. The van der Waals surface area contributed by atoms with Gasteiger partial charge in [-0.1, -0.05) is 0 Å².